The highest BCUT2D eigenvalue weighted by atomic mass is 28.4. The largest absolute Gasteiger partial charge is 0.455 e. The molecule has 0 radical (unpaired) electrons. The molecule has 0 aromatic heterocycles. The van der Waals surface area contributed by atoms with Gasteiger partial charge >= 0.3 is 12.0 Å². The zero-order chi connectivity index (χ0) is 16.1. The third kappa shape index (κ3) is 5.19. The molecule has 1 rings (SSSR count). The van der Waals surface area contributed by atoms with Gasteiger partial charge in [-0.25, -0.2) is 0 Å². The van der Waals surface area contributed by atoms with Crippen molar-refractivity contribution in [3.63, 3.8) is 0 Å². The summed E-state index contributed by atoms with van der Waals surface area (Å²) >= 11 is 0. The quantitative estimate of drug-likeness (QED) is 0.471. The molecule has 0 spiro atoms. The van der Waals surface area contributed by atoms with Crippen molar-refractivity contribution in [2.24, 2.45) is 0 Å². The molecular weight excluding hydrogens is 297 g/mol. The van der Waals surface area contributed by atoms with Crippen molar-refractivity contribution in [2.75, 3.05) is 6.61 Å². The second-order valence-corrected chi connectivity index (χ2v) is 9.81. The van der Waals surface area contributed by atoms with Gasteiger partial charge < -0.3 is 9.16 Å². The van der Waals surface area contributed by atoms with Crippen LogP contribution in [0.1, 0.15) is 12.5 Å². The highest BCUT2D eigenvalue weighted by Gasteiger charge is 2.59. The molecule has 0 heterocycles. The molecule has 2 nitrogen and oxygen atoms in total. The summed E-state index contributed by atoms with van der Waals surface area (Å²) in [5.74, 6) is 1.79. The lowest BCUT2D eigenvalue weighted by molar-refractivity contribution is -0.325. The molecule has 0 saturated heterocycles. The molecule has 21 heavy (non-hydrogen) atoms. The normalized spacial score (nSPS) is 15.0. The van der Waals surface area contributed by atoms with Crippen LogP contribution >= 0.6 is 0 Å². The SMILES string of the molecule is CCOC(C#Cc1ccccc1)(O[Si](C)(C)C)C(F)(F)F. The summed E-state index contributed by atoms with van der Waals surface area (Å²) in [5, 5.41) is 0. The van der Waals surface area contributed by atoms with Crippen molar-refractivity contribution in [3.05, 3.63) is 35.9 Å². The van der Waals surface area contributed by atoms with Gasteiger partial charge in [0.15, 0.2) is 8.32 Å². The van der Waals surface area contributed by atoms with Crippen LogP contribution in [0.15, 0.2) is 30.3 Å². The van der Waals surface area contributed by atoms with Crippen molar-refractivity contribution in [1.29, 1.82) is 0 Å². The van der Waals surface area contributed by atoms with E-state index < -0.39 is 20.3 Å². The Morgan fingerprint density at radius 1 is 1.10 bits per heavy atom. The van der Waals surface area contributed by atoms with E-state index in [1.807, 2.05) is 0 Å². The fourth-order valence-corrected chi connectivity index (χ4v) is 2.70. The monoisotopic (exact) mass is 316 g/mol. The van der Waals surface area contributed by atoms with Crippen molar-refractivity contribution in [1.82, 2.24) is 0 Å². The van der Waals surface area contributed by atoms with E-state index in [0.717, 1.165) is 0 Å². The third-order valence-corrected chi connectivity index (χ3v) is 3.22. The Balaban J connectivity index is 3.26. The fourth-order valence-electron chi connectivity index (χ4n) is 1.61. The first kappa shape index (κ1) is 17.8. The van der Waals surface area contributed by atoms with Gasteiger partial charge in [0.2, 0.25) is 0 Å². The Morgan fingerprint density at radius 3 is 2.10 bits per heavy atom. The number of alkyl halides is 3. The van der Waals surface area contributed by atoms with E-state index in [-0.39, 0.29) is 6.61 Å². The lowest BCUT2D eigenvalue weighted by Gasteiger charge is -2.35. The van der Waals surface area contributed by atoms with E-state index in [2.05, 4.69) is 11.8 Å². The Bertz CT molecular complexity index is 512. The van der Waals surface area contributed by atoms with E-state index in [1.165, 1.54) is 6.92 Å². The van der Waals surface area contributed by atoms with Crippen molar-refractivity contribution in [2.45, 2.75) is 38.5 Å². The van der Waals surface area contributed by atoms with Gasteiger partial charge in [-0.2, -0.15) is 13.2 Å². The van der Waals surface area contributed by atoms with E-state index in [4.69, 9.17) is 9.16 Å². The summed E-state index contributed by atoms with van der Waals surface area (Å²) in [4.78, 5) is 0. The zero-order valence-electron chi connectivity index (χ0n) is 12.5. The average molecular weight is 316 g/mol. The summed E-state index contributed by atoms with van der Waals surface area (Å²) in [6.45, 7) is 6.33. The molecule has 1 aromatic carbocycles. The van der Waals surface area contributed by atoms with Crippen LogP contribution < -0.4 is 0 Å². The molecule has 0 aliphatic carbocycles. The molecule has 0 N–H and O–H groups in total. The van der Waals surface area contributed by atoms with E-state index in [1.54, 1.807) is 50.0 Å². The average Bonchev–Trinajstić information content (AvgIpc) is 2.34. The van der Waals surface area contributed by atoms with Crippen molar-refractivity contribution in [3.8, 4) is 11.8 Å². The summed E-state index contributed by atoms with van der Waals surface area (Å²) in [6, 6.07) is 8.45. The second-order valence-electron chi connectivity index (χ2n) is 5.38. The number of rotatable bonds is 4. The van der Waals surface area contributed by atoms with E-state index >= 15 is 0 Å². The van der Waals surface area contributed by atoms with Crippen molar-refractivity contribution >= 4 is 8.32 Å². The molecule has 0 bridgehead atoms. The van der Waals surface area contributed by atoms with Gasteiger partial charge in [0.05, 0.1) is 0 Å². The highest BCUT2D eigenvalue weighted by Crippen LogP contribution is 2.37. The Labute approximate surface area is 124 Å². The van der Waals surface area contributed by atoms with Crippen LogP contribution in [-0.4, -0.2) is 26.9 Å². The van der Waals surface area contributed by atoms with Crippen LogP contribution in [0, 0.1) is 11.8 Å². The van der Waals surface area contributed by atoms with Crippen molar-refractivity contribution < 1.29 is 22.3 Å². The first-order valence-electron chi connectivity index (χ1n) is 6.59. The maximum absolute atomic E-state index is 13.5. The van der Waals surface area contributed by atoms with Gasteiger partial charge in [-0.15, -0.1) is 0 Å². The van der Waals surface area contributed by atoms with Gasteiger partial charge in [0, 0.05) is 12.2 Å². The zero-order valence-corrected chi connectivity index (χ0v) is 13.5. The molecule has 0 amide bonds. The lowest BCUT2D eigenvalue weighted by atomic mass is 10.2. The van der Waals surface area contributed by atoms with Crippen LogP contribution in [0.3, 0.4) is 0 Å². The Hall–Kier alpha value is -1.29. The fraction of sp³-hybridized carbons (Fsp3) is 0.467. The van der Waals surface area contributed by atoms with E-state index in [0.29, 0.717) is 5.56 Å². The van der Waals surface area contributed by atoms with Crippen LogP contribution in [0.4, 0.5) is 13.2 Å². The topological polar surface area (TPSA) is 18.5 Å². The number of hydrogen-bond donors (Lipinski definition) is 0. The minimum atomic E-state index is -4.73. The molecule has 1 atom stereocenters. The molecular formula is C15H19F3O2Si. The van der Waals surface area contributed by atoms with Crippen LogP contribution in [0.5, 0.6) is 0 Å². The Morgan fingerprint density at radius 2 is 1.67 bits per heavy atom. The summed E-state index contributed by atoms with van der Waals surface area (Å²) in [7, 11) is -2.53. The molecule has 6 heteroatoms. The van der Waals surface area contributed by atoms with Gasteiger partial charge in [0.25, 0.3) is 0 Å². The van der Waals surface area contributed by atoms with Crippen LogP contribution in [-0.2, 0) is 9.16 Å². The molecule has 0 aliphatic heterocycles. The summed E-state index contributed by atoms with van der Waals surface area (Å²) in [6.07, 6.45) is -4.73. The maximum Gasteiger partial charge on any atom is 0.455 e. The second kappa shape index (κ2) is 6.65. The first-order valence-corrected chi connectivity index (χ1v) is 9.99. The van der Waals surface area contributed by atoms with E-state index in [9.17, 15) is 13.2 Å². The molecule has 116 valence electrons. The lowest BCUT2D eigenvalue weighted by Crippen LogP contribution is -2.54. The van der Waals surface area contributed by atoms with Gasteiger partial charge in [0.1, 0.15) is 0 Å². The molecule has 1 aromatic rings. The van der Waals surface area contributed by atoms with Gasteiger partial charge in [-0.1, -0.05) is 24.1 Å². The molecule has 1 unspecified atom stereocenters. The first-order chi connectivity index (χ1) is 9.60. The third-order valence-electron chi connectivity index (χ3n) is 2.32. The molecule has 0 aliphatic rings. The predicted molar refractivity (Wildman–Crippen MR) is 78.2 cm³/mol. The molecule has 0 saturated carbocycles. The minimum absolute atomic E-state index is 0.145. The highest BCUT2D eigenvalue weighted by molar-refractivity contribution is 6.69. The number of halogens is 3. The van der Waals surface area contributed by atoms with Gasteiger partial charge in [-0.05, 0) is 44.6 Å². The summed E-state index contributed by atoms with van der Waals surface area (Å²) < 4.78 is 50.6. The number of benzene rings is 1. The standard InChI is InChI=1S/C15H19F3O2Si/c1-5-19-14(15(16,17)18,20-21(2,3)4)12-11-13-9-7-6-8-10-13/h6-10H,5H2,1-4H3. The number of hydrogen-bond acceptors (Lipinski definition) is 2. The Kier molecular flexibility index (Phi) is 5.62. The van der Waals surface area contributed by atoms with Crippen LogP contribution in [0.2, 0.25) is 19.6 Å². The minimum Gasteiger partial charge on any atom is -0.374 e. The molecule has 0 fully saturated rings. The maximum atomic E-state index is 13.5. The van der Waals surface area contributed by atoms with Crippen LogP contribution in [0.25, 0.3) is 0 Å². The summed E-state index contributed by atoms with van der Waals surface area (Å²) in [5.41, 5.74) is 0.477. The van der Waals surface area contributed by atoms with Gasteiger partial charge in [-0.3, -0.25) is 0 Å². The number of ether oxygens (including phenoxy) is 1. The smallest absolute Gasteiger partial charge is 0.374 e. The predicted octanol–water partition coefficient (Wildman–Crippen LogP) is 4.18.